The number of nitrogens with one attached hydrogen (secondary N) is 3. The van der Waals surface area contributed by atoms with Gasteiger partial charge in [0.25, 0.3) is 0 Å². The van der Waals surface area contributed by atoms with Crippen molar-refractivity contribution in [3.8, 4) is 0 Å². The van der Waals surface area contributed by atoms with Gasteiger partial charge in [0.15, 0.2) is 0 Å². The van der Waals surface area contributed by atoms with Gasteiger partial charge in [-0.2, -0.15) is 0 Å². The number of carbonyl (C=O) groups is 1. The first-order chi connectivity index (χ1) is 6.16. The van der Waals surface area contributed by atoms with Crippen LogP contribution in [0.25, 0.3) is 0 Å². The molecule has 0 aromatic carbocycles. The zero-order valence-corrected chi connectivity index (χ0v) is 8.44. The van der Waals surface area contributed by atoms with Crippen molar-refractivity contribution in [2.45, 2.75) is 13.3 Å². The predicted molar refractivity (Wildman–Crippen MR) is 54.4 cm³/mol. The Hall–Kier alpha value is -1.03. The van der Waals surface area contributed by atoms with Gasteiger partial charge < -0.3 is 16.0 Å². The Balaban J connectivity index is 3.16. The van der Waals surface area contributed by atoms with Gasteiger partial charge in [0.2, 0.25) is 5.91 Å². The molecule has 13 heavy (non-hydrogen) atoms. The molecule has 76 valence electrons. The van der Waals surface area contributed by atoms with E-state index in [2.05, 4.69) is 22.5 Å². The highest BCUT2D eigenvalue weighted by atomic mass is 16.1. The van der Waals surface area contributed by atoms with Crippen LogP contribution in [0.2, 0.25) is 0 Å². The van der Waals surface area contributed by atoms with Crippen LogP contribution < -0.4 is 16.0 Å². The van der Waals surface area contributed by atoms with E-state index in [1.807, 2.05) is 7.05 Å². The molecule has 0 saturated carbocycles. The highest BCUT2D eigenvalue weighted by Gasteiger charge is 1.92. The van der Waals surface area contributed by atoms with Crippen LogP contribution in [0.1, 0.15) is 13.3 Å². The molecule has 0 unspecified atom stereocenters. The van der Waals surface area contributed by atoms with E-state index in [0.717, 1.165) is 31.8 Å². The second-order valence-corrected chi connectivity index (χ2v) is 2.90. The van der Waals surface area contributed by atoms with Gasteiger partial charge >= 0.3 is 0 Å². The van der Waals surface area contributed by atoms with Crippen LogP contribution in [-0.2, 0) is 4.79 Å². The molecule has 0 aliphatic heterocycles. The molecular formula is C9H19N3O. The minimum absolute atomic E-state index is 0.0223. The minimum atomic E-state index is 0.0223. The van der Waals surface area contributed by atoms with Gasteiger partial charge in [-0.1, -0.05) is 6.58 Å². The second kappa shape index (κ2) is 7.61. The van der Waals surface area contributed by atoms with Crippen molar-refractivity contribution in [2.75, 3.05) is 26.7 Å². The normalized spacial score (nSPS) is 9.38. The summed E-state index contributed by atoms with van der Waals surface area (Å²) < 4.78 is 0. The molecule has 0 fully saturated rings. The number of amides is 1. The molecule has 0 spiro atoms. The molecule has 0 heterocycles. The van der Waals surface area contributed by atoms with Crippen LogP contribution in [-0.4, -0.2) is 32.6 Å². The predicted octanol–water partition coefficient (Wildman–Crippen LogP) is -0.165. The van der Waals surface area contributed by atoms with Crippen molar-refractivity contribution in [3.63, 3.8) is 0 Å². The quantitative estimate of drug-likeness (QED) is 0.483. The maximum atomic E-state index is 10.5. The number of rotatable bonds is 7. The summed E-state index contributed by atoms with van der Waals surface area (Å²) >= 11 is 0. The van der Waals surface area contributed by atoms with Gasteiger partial charge in [0.05, 0.1) is 0 Å². The van der Waals surface area contributed by atoms with Crippen LogP contribution in [0.5, 0.6) is 0 Å². The summed E-state index contributed by atoms with van der Waals surface area (Å²) in [5.41, 5.74) is 0.977. The van der Waals surface area contributed by atoms with Crippen LogP contribution in [0.4, 0.5) is 0 Å². The summed E-state index contributed by atoms with van der Waals surface area (Å²) in [6, 6.07) is 0. The van der Waals surface area contributed by atoms with E-state index in [0.29, 0.717) is 0 Å². The Labute approximate surface area is 79.8 Å². The van der Waals surface area contributed by atoms with Crippen LogP contribution in [0.15, 0.2) is 12.3 Å². The maximum Gasteiger partial charge on any atom is 0.216 e. The van der Waals surface area contributed by atoms with Crippen molar-refractivity contribution in [3.05, 3.63) is 12.3 Å². The lowest BCUT2D eigenvalue weighted by Gasteiger charge is -2.08. The van der Waals surface area contributed by atoms with E-state index in [1.165, 1.54) is 6.92 Å². The number of hydrogen-bond donors (Lipinski definition) is 3. The summed E-state index contributed by atoms with van der Waals surface area (Å²) in [6.07, 6.45) is 0.919. The van der Waals surface area contributed by atoms with Crippen molar-refractivity contribution < 1.29 is 4.79 Å². The molecule has 0 rings (SSSR count). The fourth-order valence-electron chi connectivity index (χ4n) is 0.894. The van der Waals surface area contributed by atoms with Crippen LogP contribution in [0.3, 0.4) is 0 Å². The molecule has 0 atom stereocenters. The van der Waals surface area contributed by atoms with E-state index in [4.69, 9.17) is 0 Å². The second-order valence-electron chi connectivity index (χ2n) is 2.90. The van der Waals surface area contributed by atoms with E-state index in [-0.39, 0.29) is 5.91 Å². The average molecular weight is 185 g/mol. The fraction of sp³-hybridized carbons (Fsp3) is 0.667. The Morgan fingerprint density at radius 1 is 1.31 bits per heavy atom. The SMILES string of the molecule is C=C(CNC)NCCCNC(C)=O. The molecule has 1 amide bonds. The summed E-state index contributed by atoms with van der Waals surface area (Å²) in [6.45, 7) is 7.68. The average Bonchev–Trinajstić information content (AvgIpc) is 2.03. The molecule has 0 bridgehead atoms. The highest BCUT2D eigenvalue weighted by molar-refractivity contribution is 5.72. The minimum Gasteiger partial charge on any atom is -0.388 e. The summed E-state index contributed by atoms with van der Waals surface area (Å²) in [5, 5.41) is 8.87. The van der Waals surface area contributed by atoms with E-state index in [1.54, 1.807) is 0 Å². The lowest BCUT2D eigenvalue weighted by molar-refractivity contribution is -0.118. The molecule has 4 nitrogen and oxygen atoms in total. The topological polar surface area (TPSA) is 53.2 Å². The van der Waals surface area contributed by atoms with Gasteiger partial charge in [-0.3, -0.25) is 4.79 Å². The molecule has 0 saturated heterocycles. The molecule has 4 heteroatoms. The van der Waals surface area contributed by atoms with Gasteiger partial charge in [0.1, 0.15) is 0 Å². The van der Waals surface area contributed by atoms with E-state index in [9.17, 15) is 4.79 Å². The van der Waals surface area contributed by atoms with Gasteiger partial charge in [-0.15, -0.1) is 0 Å². The zero-order valence-electron chi connectivity index (χ0n) is 8.44. The highest BCUT2D eigenvalue weighted by Crippen LogP contribution is 1.81. The Bertz CT molecular complexity index is 168. The smallest absolute Gasteiger partial charge is 0.216 e. The molecule has 0 aromatic rings. The molecule has 0 aliphatic carbocycles. The first kappa shape index (κ1) is 12.0. The van der Waals surface area contributed by atoms with Crippen molar-refractivity contribution in [1.29, 1.82) is 0 Å². The van der Waals surface area contributed by atoms with Crippen LogP contribution in [0, 0.1) is 0 Å². The standard InChI is InChI=1S/C9H19N3O/c1-8(7-10-3)11-5-4-6-12-9(2)13/h10-11H,1,4-7H2,2-3H3,(H,12,13). The van der Waals surface area contributed by atoms with Crippen molar-refractivity contribution in [2.24, 2.45) is 0 Å². The zero-order chi connectivity index (χ0) is 10.1. The number of likely N-dealkylation sites (N-methyl/N-ethyl adjacent to an activating group) is 1. The number of hydrogen-bond acceptors (Lipinski definition) is 3. The Morgan fingerprint density at radius 3 is 2.46 bits per heavy atom. The van der Waals surface area contributed by atoms with E-state index < -0.39 is 0 Å². The summed E-state index contributed by atoms with van der Waals surface area (Å²) in [7, 11) is 1.88. The third-order valence-electron chi connectivity index (χ3n) is 1.49. The van der Waals surface area contributed by atoms with Gasteiger partial charge in [0, 0.05) is 32.3 Å². The number of carbonyl (C=O) groups excluding carboxylic acids is 1. The Kier molecular flexibility index (Phi) is 7.01. The van der Waals surface area contributed by atoms with E-state index >= 15 is 0 Å². The third kappa shape index (κ3) is 8.88. The fourth-order valence-corrected chi connectivity index (χ4v) is 0.894. The first-order valence-corrected chi connectivity index (χ1v) is 4.47. The molecule has 0 aromatic heterocycles. The Morgan fingerprint density at radius 2 is 1.92 bits per heavy atom. The summed E-state index contributed by atoms with van der Waals surface area (Å²) in [5.74, 6) is 0.0223. The molecule has 0 aliphatic rings. The molecular weight excluding hydrogens is 166 g/mol. The maximum absolute atomic E-state index is 10.5. The monoisotopic (exact) mass is 185 g/mol. The third-order valence-corrected chi connectivity index (χ3v) is 1.49. The summed E-state index contributed by atoms with van der Waals surface area (Å²) in [4.78, 5) is 10.5. The molecule has 3 N–H and O–H groups in total. The molecule has 0 radical (unpaired) electrons. The van der Waals surface area contributed by atoms with Gasteiger partial charge in [-0.05, 0) is 13.5 Å². The first-order valence-electron chi connectivity index (χ1n) is 4.47. The van der Waals surface area contributed by atoms with Crippen molar-refractivity contribution in [1.82, 2.24) is 16.0 Å². The van der Waals surface area contributed by atoms with Gasteiger partial charge in [-0.25, -0.2) is 0 Å². The van der Waals surface area contributed by atoms with Crippen LogP contribution >= 0.6 is 0 Å². The lowest BCUT2D eigenvalue weighted by atomic mass is 10.4. The van der Waals surface area contributed by atoms with Crippen molar-refractivity contribution >= 4 is 5.91 Å². The largest absolute Gasteiger partial charge is 0.388 e. The lowest BCUT2D eigenvalue weighted by Crippen LogP contribution is -2.27.